The van der Waals surface area contributed by atoms with Gasteiger partial charge >= 0.3 is 0 Å². The van der Waals surface area contributed by atoms with Crippen molar-refractivity contribution in [3.05, 3.63) is 29.3 Å². The zero-order valence-corrected chi connectivity index (χ0v) is 9.30. The molecule has 0 amide bonds. The monoisotopic (exact) mass is 228 g/mol. The smallest absolute Gasteiger partial charge is 0.151 e. The van der Waals surface area contributed by atoms with Crippen LogP contribution in [-0.2, 0) is 4.79 Å². The van der Waals surface area contributed by atoms with Crippen LogP contribution >= 0.6 is 0 Å². The number of hydrogen-bond acceptors (Lipinski definition) is 4. The molecule has 17 heavy (non-hydrogen) atoms. The van der Waals surface area contributed by atoms with Gasteiger partial charge in [-0.15, -0.1) is 0 Å². The molecule has 4 nitrogen and oxygen atoms in total. The second kappa shape index (κ2) is 4.79. The summed E-state index contributed by atoms with van der Waals surface area (Å²) in [5.74, 6) is 0.0753. The van der Waals surface area contributed by atoms with Gasteiger partial charge in [-0.25, -0.2) is 0 Å². The van der Waals surface area contributed by atoms with Crippen LogP contribution < -0.4 is 4.90 Å². The molecular formula is C13H12N2O2. The summed E-state index contributed by atoms with van der Waals surface area (Å²) in [4.78, 5) is 23.5. The second-order valence-electron chi connectivity index (χ2n) is 4.13. The van der Waals surface area contributed by atoms with E-state index in [1.165, 1.54) is 0 Å². The molecule has 0 radical (unpaired) electrons. The van der Waals surface area contributed by atoms with Crippen LogP contribution in [0.1, 0.15) is 22.3 Å². The lowest BCUT2D eigenvalue weighted by Crippen LogP contribution is -2.20. The average Bonchev–Trinajstić information content (AvgIpc) is 2.86. The lowest BCUT2D eigenvalue weighted by molar-refractivity contribution is -0.110. The number of hydrogen-bond donors (Lipinski definition) is 0. The van der Waals surface area contributed by atoms with E-state index in [4.69, 9.17) is 5.26 Å². The predicted molar refractivity (Wildman–Crippen MR) is 62.9 cm³/mol. The van der Waals surface area contributed by atoms with Crippen LogP contribution in [0.4, 0.5) is 5.69 Å². The summed E-state index contributed by atoms with van der Waals surface area (Å²) < 4.78 is 0. The topological polar surface area (TPSA) is 61.2 Å². The molecule has 1 aromatic rings. The maximum Gasteiger partial charge on any atom is 0.151 e. The average molecular weight is 228 g/mol. The van der Waals surface area contributed by atoms with Crippen molar-refractivity contribution in [3.63, 3.8) is 0 Å². The Hall–Kier alpha value is -2.15. The van der Waals surface area contributed by atoms with Crippen LogP contribution in [0, 0.1) is 17.2 Å². The molecule has 1 atom stereocenters. The van der Waals surface area contributed by atoms with E-state index in [9.17, 15) is 9.59 Å². The first-order chi connectivity index (χ1) is 8.28. The highest BCUT2D eigenvalue weighted by atomic mass is 16.1. The first-order valence-electron chi connectivity index (χ1n) is 5.48. The van der Waals surface area contributed by atoms with Gasteiger partial charge in [0.2, 0.25) is 0 Å². The van der Waals surface area contributed by atoms with Gasteiger partial charge in [-0.05, 0) is 24.6 Å². The van der Waals surface area contributed by atoms with E-state index >= 15 is 0 Å². The van der Waals surface area contributed by atoms with E-state index in [-0.39, 0.29) is 5.92 Å². The van der Waals surface area contributed by atoms with Crippen LogP contribution in [0.25, 0.3) is 0 Å². The standard InChI is InChI=1S/C13H12N2O2/c14-6-12-5-13(2-1-11(12)9-17)15-4-3-10(7-15)8-16/h1-2,5,8-10H,3-4,7H2. The highest BCUT2D eigenvalue weighted by molar-refractivity contribution is 5.80. The van der Waals surface area contributed by atoms with Crippen molar-refractivity contribution in [2.24, 2.45) is 5.92 Å². The largest absolute Gasteiger partial charge is 0.371 e. The van der Waals surface area contributed by atoms with Crippen molar-refractivity contribution in [2.75, 3.05) is 18.0 Å². The third-order valence-corrected chi connectivity index (χ3v) is 3.07. The first kappa shape index (κ1) is 11.3. The number of carbonyl (C=O) groups is 2. The highest BCUT2D eigenvalue weighted by Gasteiger charge is 2.22. The first-order valence-corrected chi connectivity index (χ1v) is 5.48. The Labute approximate surface area is 99.5 Å². The molecule has 0 aromatic heterocycles. The van der Waals surface area contributed by atoms with Crippen LogP contribution in [0.3, 0.4) is 0 Å². The van der Waals surface area contributed by atoms with Gasteiger partial charge in [0.1, 0.15) is 6.29 Å². The molecule has 0 spiro atoms. The zero-order chi connectivity index (χ0) is 12.3. The number of rotatable bonds is 3. The molecule has 1 aliphatic rings. The number of aldehydes is 2. The lowest BCUT2D eigenvalue weighted by Gasteiger charge is -2.18. The summed E-state index contributed by atoms with van der Waals surface area (Å²) in [6.45, 7) is 1.50. The van der Waals surface area contributed by atoms with E-state index < -0.39 is 0 Å². The SMILES string of the molecule is N#Cc1cc(N2CCC(C=O)C2)ccc1C=O. The summed E-state index contributed by atoms with van der Waals surface area (Å²) in [5, 5.41) is 8.93. The van der Waals surface area contributed by atoms with Crippen LogP contribution in [0.2, 0.25) is 0 Å². The third-order valence-electron chi connectivity index (χ3n) is 3.07. The Kier molecular flexibility index (Phi) is 3.20. The van der Waals surface area contributed by atoms with Crippen LogP contribution in [0.15, 0.2) is 18.2 Å². The number of benzene rings is 1. The summed E-state index contributed by atoms with van der Waals surface area (Å²) in [5.41, 5.74) is 1.69. The van der Waals surface area contributed by atoms with Crippen molar-refractivity contribution in [3.8, 4) is 6.07 Å². The minimum Gasteiger partial charge on any atom is -0.371 e. The molecule has 1 heterocycles. The fourth-order valence-electron chi connectivity index (χ4n) is 2.07. The number of carbonyl (C=O) groups excluding carboxylic acids is 2. The van der Waals surface area contributed by atoms with Gasteiger partial charge in [-0.1, -0.05) is 0 Å². The van der Waals surface area contributed by atoms with Gasteiger partial charge in [0, 0.05) is 30.3 Å². The minimum absolute atomic E-state index is 0.0753. The highest BCUT2D eigenvalue weighted by Crippen LogP contribution is 2.24. The fraction of sp³-hybridized carbons (Fsp3) is 0.308. The van der Waals surface area contributed by atoms with Crippen LogP contribution in [0.5, 0.6) is 0 Å². The van der Waals surface area contributed by atoms with Crippen molar-refractivity contribution in [2.45, 2.75) is 6.42 Å². The van der Waals surface area contributed by atoms with Gasteiger partial charge in [0.05, 0.1) is 11.6 Å². The molecule has 0 aliphatic carbocycles. The lowest BCUT2D eigenvalue weighted by atomic mass is 10.1. The molecule has 0 saturated carbocycles. The van der Waals surface area contributed by atoms with Gasteiger partial charge in [-0.3, -0.25) is 4.79 Å². The Morgan fingerprint density at radius 3 is 2.82 bits per heavy atom. The van der Waals surface area contributed by atoms with Gasteiger partial charge in [0.25, 0.3) is 0 Å². The Morgan fingerprint density at radius 2 is 2.24 bits per heavy atom. The van der Waals surface area contributed by atoms with E-state index in [1.54, 1.807) is 12.1 Å². The molecule has 1 aromatic carbocycles. The number of anilines is 1. The Morgan fingerprint density at radius 1 is 1.41 bits per heavy atom. The maximum absolute atomic E-state index is 10.7. The number of nitrogens with zero attached hydrogens (tertiary/aromatic N) is 2. The third kappa shape index (κ3) is 2.18. The maximum atomic E-state index is 10.7. The van der Waals surface area contributed by atoms with E-state index in [0.717, 1.165) is 24.9 Å². The number of nitriles is 1. The van der Waals surface area contributed by atoms with Gasteiger partial charge in [0.15, 0.2) is 6.29 Å². The van der Waals surface area contributed by atoms with E-state index in [0.29, 0.717) is 24.0 Å². The molecule has 1 aliphatic heterocycles. The normalized spacial score (nSPS) is 18.8. The van der Waals surface area contributed by atoms with Gasteiger partial charge < -0.3 is 9.69 Å². The summed E-state index contributed by atoms with van der Waals surface area (Å²) in [6.07, 6.45) is 2.51. The molecule has 0 N–H and O–H groups in total. The molecule has 4 heteroatoms. The fourth-order valence-corrected chi connectivity index (χ4v) is 2.07. The van der Waals surface area contributed by atoms with E-state index in [1.807, 2.05) is 12.1 Å². The van der Waals surface area contributed by atoms with Crippen molar-refractivity contribution >= 4 is 18.3 Å². The van der Waals surface area contributed by atoms with Crippen molar-refractivity contribution < 1.29 is 9.59 Å². The van der Waals surface area contributed by atoms with Gasteiger partial charge in [-0.2, -0.15) is 5.26 Å². The second-order valence-corrected chi connectivity index (χ2v) is 4.13. The molecule has 86 valence electrons. The molecule has 2 rings (SSSR count). The predicted octanol–water partition coefficient (Wildman–Crippen LogP) is 1.40. The Bertz CT molecular complexity index is 491. The Balaban J connectivity index is 2.26. The molecule has 1 saturated heterocycles. The molecular weight excluding hydrogens is 216 g/mol. The molecule has 0 bridgehead atoms. The molecule has 1 fully saturated rings. The summed E-state index contributed by atoms with van der Waals surface area (Å²) in [6, 6.07) is 7.18. The van der Waals surface area contributed by atoms with E-state index in [2.05, 4.69) is 4.90 Å². The van der Waals surface area contributed by atoms with Crippen LogP contribution in [-0.4, -0.2) is 25.7 Å². The summed E-state index contributed by atoms with van der Waals surface area (Å²) in [7, 11) is 0. The summed E-state index contributed by atoms with van der Waals surface area (Å²) >= 11 is 0. The quantitative estimate of drug-likeness (QED) is 0.733. The molecule has 1 unspecified atom stereocenters. The minimum atomic E-state index is 0.0753. The van der Waals surface area contributed by atoms with Crippen molar-refractivity contribution in [1.82, 2.24) is 0 Å². The van der Waals surface area contributed by atoms with Crippen molar-refractivity contribution in [1.29, 1.82) is 5.26 Å². The zero-order valence-electron chi connectivity index (χ0n) is 9.30.